The molecule has 0 aromatic rings. The monoisotopic (exact) mass is 272 g/mol. The van der Waals surface area contributed by atoms with E-state index in [-0.39, 0.29) is 6.10 Å². The molecular weight excluding hydrogens is 256 g/mol. The first-order valence-corrected chi connectivity index (χ1v) is 6.66. The summed E-state index contributed by atoms with van der Waals surface area (Å²) in [4.78, 5) is 11.2. The minimum Gasteiger partial charge on any atom is -0.477 e. The number of rotatable bonds is 1. The van der Waals surface area contributed by atoms with Crippen LogP contribution in [0.25, 0.3) is 0 Å². The highest BCUT2D eigenvalue weighted by molar-refractivity contribution is 5.71. The van der Waals surface area contributed by atoms with E-state index in [0.717, 1.165) is 29.6 Å². The Balaban J connectivity index is 2.11. The zero-order valence-electron chi connectivity index (χ0n) is 11.2. The van der Waals surface area contributed by atoms with Crippen LogP contribution < -0.4 is 0 Å². The topological polar surface area (TPSA) is 55.8 Å². The Labute approximate surface area is 117 Å². The van der Waals surface area contributed by atoms with Crippen LogP contribution in [0.1, 0.15) is 19.8 Å². The molecular formula is C16H16O4. The van der Waals surface area contributed by atoms with Crippen LogP contribution in [0, 0.1) is 0 Å². The third kappa shape index (κ3) is 2.23. The average molecular weight is 272 g/mol. The van der Waals surface area contributed by atoms with Crippen molar-refractivity contribution in [3.05, 3.63) is 58.9 Å². The smallest absolute Gasteiger partial charge is 0.373 e. The van der Waals surface area contributed by atoms with Gasteiger partial charge in [-0.05, 0) is 36.5 Å². The average Bonchev–Trinajstić information content (AvgIpc) is 2.41. The fourth-order valence-corrected chi connectivity index (χ4v) is 2.73. The van der Waals surface area contributed by atoms with Crippen molar-refractivity contribution in [2.75, 3.05) is 0 Å². The maximum atomic E-state index is 11.2. The van der Waals surface area contributed by atoms with E-state index >= 15 is 0 Å². The van der Waals surface area contributed by atoms with Crippen LogP contribution in [0.2, 0.25) is 0 Å². The summed E-state index contributed by atoms with van der Waals surface area (Å²) in [5, 5.41) is 9.16. The van der Waals surface area contributed by atoms with E-state index in [1.165, 1.54) is 11.8 Å². The molecule has 1 N–H and O–H groups in total. The molecule has 0 spiro atoms. The van der Waals surface area contributed by atoms with Crippen LogP contribution in [0.15, 0.2) is 58.9 Å². The fraction of sp³-hybridized carbons (Fsp3) is 0.312. The van der Waals surface area contributed by atoms with Crippen molar-refractivity contribution in [2.24, 2.45) is 0 Å². The summed E-state index contributed by atoms with van der Waals surface area (Å²) in [7, 11) is 0. The molecule has 0 radical (unpaired) electrons. The summed E-state index contributed by atoms with van der Waals surface area (Å²) in [5.74, 6) is -1.12. The summed E-state index contributed by atoms with van der Waals surface area (Å²) in [6.45, 7) is 2.02. The van der Waals surface area contributed by atoms with Crippen LogP contribution in [0.4, 0.5) is 0 Å². The Morgan fingerprint density at radius 1 is 1.45 bits per heavy atom. The SMILES string of the molecule is CC1=CC=CC2OC(C(=O)O)OC=C3C=CCCC3=C12. The number of ether oxygens (including phenoxy) is 2. The molecule has 2 atom stereocenters. The van der Waals surface area contributed by atoms with E-state index in [0.29, 0.717) is 0 Å². The summed E-state index contributed by atoms with van der Waals surface area (Å²) in [5.41, 5.74) is 4.30. The first kappa shape index (κ1) is 12.9. The third-order valence-corrected chi connectivity index (χ3v) is 3.66. The molecule has 3 rings (SSSR count). The van der Waals surface area contributed by atoms with Gasteiger partial charge in [-0.2, -0.15) is 0 Å². The fourth-order valence-electron chi connectivity index (χ4n) is 2.73. The Bertz CT molecular complexity index is 590. The Morgan fingerprint density at radius 3 is 3.10 bits per heavy atom. The lowest BCUT2D eigenvalue weighted by Gasteiger charge is -2.30. The van der Waals surface area contributed by atoms with Crippen LogP contribution in [0.3, 0.4) is 0 Å². The van der Waals surface area contributed by atoms with Gasteiger partial charge in [-0.1, -0.05) is 30.4 Å². The van der Waals surface area contributed by atoms with Crippen molar-refractivity contribution in [1.29, 1.82) is 0 Å². The van der Waals surface area contributed by atoms with Crippen molar-refractivity contribution in [1.82, 2.24) is 0 Å². The number of hydrogen-bond donors (Lipinski definition) is 1. The molecule has 104 valence electrons. The standard InChI is InChI=1S/C16H16O4/c1-10-5-4-8-13-14(10)12-7-3-2-6-11(12)9-19-16(20-13)15(17)18/h2,4-6,8-9,13,16H,3,7H2,1H3,(H,17,18). The summed E-state index contributed by atoms with van der Waals surface area (Å²) < 4.78 is 10.9. The van der Waals surface area contributed by atoms with E-state index in [1.54, 1.807) is 0 Å². The Kier molecular flexibility index (Phi) is 3.32. The highest BCUT2D eigenvalue weighted by Gasteiger charge is 2.31. The molecule has 2 unspecified atom stereocenters. The van der Waals surface area contributed by atoms with Crippen molar-refractivity contribution in [3.63, 3.8) is 0 Å². The first-order chi connectivity index (χ1) is 9.66. The van der Waals surface area contributed by atoms with Crippen molar-refractivity contribution in [3.8, 4) is 0 Å². The van der Waals surface area contributed by atoms with Gasteiger partial charge in [0.1, 0.15) is 6.10 Å². The lowest BCUT2D eigenvalue weighted by Crippen LogP contribution is -2.33. The predicted molar refractivity (Wildman–Crippen MR) is 73.8 cm³/mol. The summed E-state index contributed by atoms with van der Waals surface area (Å²) in [6, 6.07) is 0. The number of carboxylic acid groups (broad SMARTS) is 1. The zero-order chi connectivity index (χ0) is 14.1. The highest BCUT2D eigenvalue weighted by Crippen LogP contribution is 2.36. The van der Waals surface area contributed by atoms with Crippen LogP contribution in [-0.4, -0.2) is 23.5 Å². The third-order valence-electron chi connectivity index (χ3n) is 3.66. The van der Waals surface area contributed by atoms with Gasteiger partial charge in [0.15, 0.2) is 0 Å². The van der Waals surface area contributed by atoms with E-state index < -0.39 is 12.3 Å². The van der Waals surface area contributed by atoms with Gasteiger partial charge in [0.25, 0.3) is 6.29 Å². The molecule has 4 nitrogen and oxygen atoms in total. The second kappa shape index (κ2) is 5.13. The molecule has 0 fully saturated rings. The summed E-state index contributed by atoms with van der Waals surface area (Å²) >= 11 is 0. The normalized spacial score (nSPS) is 28.4. The maximum absolute atomic E-state index is 11.2. The van der Waals surface area contributed by atoms with Gasteiger partial charge in [-0.15, -0.1) is 0 Å². The minimum atomic E-state index is -1.28. The van der Waals surface area contributed by atoms with Crippen LogP contribution in [-0.2, 0) is 14.3 Å². The molecule has 1 aliphatic heterocycles. The van der Waals surface area contributed by atoms with E-state index in [9.17, 15) is 4.79 Å². The van der Waals surface area contributed by atoms with Crippen LogP contribution in [0.5, 0.6) is 0 Å². The molecule has 0 aromatic carbocycles. The Morgan fingerprint density at radius 2 is 2.30 bits per heavy atom. The number of carboxylic acids is 1. The first-order valence-electron chi connectivity index (χ1n) is 6.66. The van der Waals surface area contributed by atoms with Gasteiger partial charge >= 0.3 is 5.97 Å². The largest absolute Gasteiger partial charge is 0.477 e. The van der Waals surface area contributed by atoms with Crippen molar-refractivity contribution >= 4 is 5.97 Å². The second-order valence-corrected chi connectivity index (χ2v) is 5.00. The van der Waals surface area contributed by atoms with E-state index in [1.807, 2.05) is 31.2 Å². The molecule has 0 saturated carbocycles. The molecule has 0 bridgehead atoms. The van der Waals surface area contributed by atoms with E-state index in [2.05, 4.69) is 6.08 Å². The van der Waals surface area contributed by atoms with Crippen molar-refractivity contribution < 1.29 is 19.4 Å². The molecule has 2 aliphatic carbocycles. The molecule has 0 aromatic heterocycles. The van der Waals surface area contributed by atoms with Gasteiger partial charge in [-0.25, -0.2) is 4.79 Å². The molecule has 0 saturated heterocycles. The van der Waals surface area contributed by atoms with Gasteiger partial charge in [0.05, 0.1) is 6.26 Å². The molecule has 0 amide bonds. The number of allylic oxidation sites excluding steroid dienone is 6. The zero-order valence-corrected chi connectivity index (χ0v) is 11.2. The number of fused-ring (bicyclic) bond motifs is 2. The van der Waals surface area contributed by atoms with E-state index in [4.69, 9.17) is 14.6 Å². The predicted octanol–water partition coefficient (Wildman–Crippen LogP) is 2.86. The van der Waals surface area contributed by atoms with Crippen molar-refractivity contribution in [2.45, 2.75) is 32.2 Å². The molecule has 3 aliphatic rings. The Hall–Kier alpha value is -2.07. The lowest BCUT2D eigenvalue weighted by atomic mass is 9.84. The van der Waals surface area contributed by atoms with Gasteiger partial charge in [0.2, 0.25) is 0 Å². The number of hydrogen-bond acceptors (Lipinski definition) is 3. The molecule has 20 heavy (non-hydrogen) atoms. The second-order valence-electron chi connectivity index (χ2n) is 5.00. The maximum Gasteiger partial charge on any atom is 0.373 e. The van der Waals surface area contributed by atoms with Crippen LogP contribution >= 0.6 is 0 Å². The quantitative estimate of drug-likeness (QED) is 0.797. The number of aliphatic carboxylic acids is 1. The minimum absolute atomic E-state index is 0.369. The summed E-state index contributed by atoms with van der Waals surface area (Å²) in [6.07, 6.45) is 11.6. The molecule has 4 heteroatoms. The lowest BCUT2D eigenvalue weighted by molar-refractivity contribution is -0.181. The number of carbonyl (C=O) groups is 1. The highest BCUT2D eigenvalue weighted by atomic mass is 16.7. The van der Waals surface area contributed by atoms with Gasteiger partial charge < -0.3 is 14.6 Å². The van der Waals surface area contributed by atoms with Gasteiger partial charge in [-0.3, -0.25) is 0 Å². The molecule has 1 heterocycles. The van der Waals surface area contributed by atoms with Gasteiger partial charge in [0, 0.05) is 5.57 Å².